The maximum absolute atomic E-state index is 11.1. The second kappa shape index (κ2) is 3.02. The van der Waals surface area contributed by atoms with Crippen LogP contribution in [0.25, 0.3) is 0 Å². The smallest absolute Gasteiger partial charge is 0.181 e. The highest BCUT2D eigenvalue weighted by Crippen LogP contribution is 2.46. The lowest BCUT2D eigenvalue weighted by molar-refractivity contribution is -0.111. The zero-order valence-electron chi connectivity index (χ0n) is 7.88. The number of ketones is 1. The maximum atomic E-state index is 11.1. The Morgan fingerprint density at radius 2 is 2.08 bits per heavy atom. The zero-order valence-corrected chi connectivity index (χ0v) is 7.88. The predicted octanol–water partition coefficient (Wildman–Crippen LogP) is 2.22. The molecule has 0 aromatic carbocycles. The average Bonchev–Trinajstić information content (AvgIpc) is 2.59. The number of hydrogen-bond acceptors (Lipinski definition) is 2. The van der Waals surface area contributed by atoms with Gasteiger partial charge >= 0.3 is 0 Å². The molecule has 0 unspecified atom stereocenters. The van der Waals surface area contributed by atoms with Gasteiger partial charge in [0, 0.05) is 11.5 Å². The summed E-state index contributed by atoms with van der Waals surface area (Å²) in [5.41, 5.74) is 0.0582. The highest BCUT2D eigenvalue weighted by atomic mass is 16.5. The molecule has 0 heterocycles. The van der Waals surface area contributed by atoms with Gasteiger partial charge in [0.05, 0.1) is 7.11 Å². The molecule has 2 rings (SSSR count). The highest BCUT2D eigenvalue weighted by Gasteiger charge is 2.38. The van der Waals surface area contributed by atoms with Crippen molar-refractivity contribution in [2.24, 2.45) is 5.41 Å². The molecule has 0 atom stereocenters. The zero-order chi connectivity index (χ0) is 9.31. The van der Waals surface area contributed by atoms with Crippen LogP contribution in [-0.2, 0) is 9.53 Å². The Morgan fingerprint density at radius 3 is 2.69 bits per heavy atom. The fourth-order valence-corrected chi connectivity index (χ4v) is 2.33. The van der Waals surface area contributed by atoms with E-state index in [2.05, 4.69) is 0 Å². The maximum Gasteiger partial charge on any atom is 0.181 e. The standard InChI is InChI=1S/C11H14O2/c1-13-10-8-9(12)4-7-11(10)5-2-3-6-11/h4,7-8H,2-3,5-6H2,1H3. The number of carbonyl (C=O) groups excluding carboxylic acids is 1. The summed E-state index contributed by atoms with van der Waals surface area (Å²) in [4.78, 5) is 11.1. The molecule has 2 aliphatic rings. The minimum Gasteiger partial charge on any atom is -0.500 e. The first-order valence-corrected chi connectivity index (χ1v) is 4.76. The Kier molecular flexibility index (Phi) is 1.98. The Hall–Kier alpha value is -1.05. The van der Waals surface area contributed by atoms with Gasteiger partial charge < -0.3 is 4.74 Å². The van der Waals surface area contributed by atoms with Crippen LogP contribution in [0.2, 0.25) is 0 Å². The van der Waals surface area contributed by atoms with Gasteiger partial charge in [-0.05, 0) is 18.9 Å². The third kappa shape index (κ3) is 1.30. The van der Waals surface area contributed by atoms with E-state index < -0.39 is 0 Å². The minimum atomic E-state index is 0.0503. The number of carbonyl (C=O) groups is 1. The third-order valence-electron chi connectivity index (χ3n) is 3.05. The molecular weight excluding hydrogens is 164 g/mol. The van der Waals surface area contributed by atoms with Crippen molar-refractivity contribution < 1.29 is 9.53 Å². The van der Waals surface area contributed by atoms with Gasteiger partial charge in [0.15, 0.2) is 5.78 Å². The molecular formula is C11H14O2. The van der Waals surface area contributed by atoms with Gasteiger partial charge in [-0.1, -0.05) is 18.9 Å². The Morgan fingerprint density at radius 1 is 1.38 bits per heavy atom. The quantitative estimate of drug-likeness (QED) is 0.615. The van der Waals surface area contributed by atoms with Crippen molar-refractivity contribution in [1.82, 2.24) is 0 Å². The van der Waals surface area contributed by atoms with Crippen LogP contribution in [0, 0.1) is 5.41 Å². The van der Waals surface area contributed by atoms with Gasteiger partial charge in [0.25, 0.3) is 0 Å². The van der Waals surface area contributed by atoms with Crippen LogP contribution < -0.4 is 0 Å². The molecule has 2 aliphatic carbocycles. The number of ether oxygens (including phenoxy) is 1. The Bertz CT molecular complexity index is 280. The molecule has 2 nitrogen and oxygen atoms in total. The summed E-state index contributed by atoms with van der Waals surface area (Å²) in [5.74, 6) is 0.909. The number of rotatable bonds is 1. The van der Waals surface area contributed by atoms with E-state index in [1.807, 2.05) is 6.08 Å². The molecule has 1 saturated carbocycles. The van der Waals surface area contributed by atoms with Crippen molar-refractivity contribution in [2.45, 2.75) is 25.7 Å². The molecule has 70 valence electrons. The van der Waals surface area contributed by atoms with E-state index in [1.54, 1.807) is 19.3 Å². The molecule has 0 radical (unpaired) electrons. The summed E-state index contributed by atoms with van der Waals surface area (Å²) in [5, 5.41) is 0. The number of allylic oxidation sites excluding steroid dienone is 3. The molecule has 13 heavy (non-hydrogen) atoms. The van der Waals surface area contributed by atoms with Crippen LogP contribution in [0.15, 0.2) is 24.0 Å². The van der Waals surface area contributed by atoms with Gasteiger partial charge in [-0.2, -0.15) is 0 Å². The van der Waals surface area contributed by atoms with Crippen LogP contribution in [0.4, 0.5) is 0 Å². The van der Waals surface area contributed by atoms with Crippen molar-refractivity contribution in [3.05, 3.63) is 24.0 Å². The van der Waals surface area contributed by atoms with E-state index in [9.17, 15) is 4.79 Å². The van der Waals surface area contributed by atoms with E-state index in [-0.39, 0.29) is 11.2 Å². The van der Waals surface area contributed by atoms with Gasteiger partial charge in [0.1, 0.15) is 5.76 Å². The summed E-state index contributed by atoms with van der Waals surface area (Å²) in [7, 11) is 1.65. The summed E-state index contributed by atoms with van der Waals surface area (Å²) in [6, 6.07) is 0. The molecule has 0 aromatic heterocycles. The molecule has 0 amide bonds. The van der Waals surface area contributed by atoms with Crippen LogP contribution in [0.5, 0.6) is 0 Å². The van der Waals surface area contributed by atoms with Gasteiger partial charge in [0.2, 0.25) is 0 Å². The molecule has 0 bridgehead atoms. The van der Waals surface area contributed by atoms with Crippen molar-refractivity contribution >= 4 is 5.78 Å². The molecule has 0 N–H and O–H groups in total. The first-order chi connectivity index (χ1) is 6.27. The Balaban J connectivity index is 2.32. The van der Waals surface area contributed by atoms with Crippen molar-refractivity contribution in [1.29, 1.82) is 0 Å². The first-order valence-electron chi connectivity index (χ1n) is 4.76. The number of methoxy groups -OCH3 is 1. The van der Waals surface area contributed by atoms with E-state index in [0.29, 0.717) is 0 Å². The second-order valence-electron chi connectivity index (χ2n) is 3.81. The number of hydrogen-bond donors (Lipinski definition) is 0. The van der Waals surface area contributed by atoms with E-state index in [4.69, 9.17) is 4.74 Å². The topological polar surface area (TPSA) is 26.3 Å². The largest absolute Gasteiger partial charge is 0.500 e. The van der Waals surface area contributed by atoms with Crippen molar-refractivity contribution in [3.8, 4) is 0 Å². The SMILES string of the molecule is COC1=CC(=O)C=CC12CCCC2. The summed E-state index contributed by atoms with van der Waals surface area (Å²) >= 11 is 0. The summed E-state index contributed by atoms with van der Waals surface area (Å²) in [6.45, 7) is 0. The normalized spacial score (nSPS) is 25.0. The molecule has 1 spiro atoms. The summed E-state index contributed by atoms with van der Waals surface area (Å²) < 4.78 is 5.29. The lowest BCUT2D eigenvalue weighted by Gasteiger charge is -2.28. The van der Waals surface area contributed by atoms with Gasteiger partial charge in [-0.3, -0.25) is 4.79 Å². The second-order valence-corrected chi connectivity index (χ2v) is 3.81. The fourth-order valence-electron chi connectivity index (χ4n) is 2.33. The molecule has 2 heteroatoms. The van der Waals surface area contributed by atoms with E-state index >= 15 is 0 Å². The predicted molar refractivity (Wildman–Crippen MR) is 50.1 cm³/mol. The summed E-state index contributed by atoms with van der Waals surface area (Å²) in [6.07, 6.45) is 10.0. The van der Waals surface area contributed by atoms with E-state index in [0.717, 1.165) is 18.6 Å². The average molecular weight is 178 g/mol. The monoisotopic (exact) mass is 178 g/mol. The van der Waals surface area contributed by atoms with E-state index in [1.165, 1.54) is 12.8 Å². The lowest BCUT2D eigenvalue weighted by Crippen LogP contribution is -2.22. The molecule has 0 aliphatic heterocycles. The highest BCUT2D eigenvalue weighted by molar-refractivity contribution is 6.00. The van der Waals surface area contributed by atoms with Gasteiger partial charge in [-0.25, -0.2) is 0 Å². The van der Waals surface area contributed by atoms with Crippen molar-refractivity contribution in [2.75, 3.05) is 7.11 Å². The minimum absolute atomic E-state index is 0.0503. The fraction of sp³-hybridized carbons (Fsp3) is 0.545. The molecule has 0 aromatic rings. The third-order valence-corrected chi connectivity index (χ3v) is 3.05. The lowest BCUT2D eigenvalue weighted by atomic mass is 9.80. The molecule has 0 saturated heterocycles. The van der Waals surface area contributed by atoms with Crippen LogP contribution in [0.3, 0.4) is 0 Å². The van der Waals surface area contributed by atoms with Gasteiger partial charge in [-0.15, -0.1) is 0 Å². The van der Waals surface area contributed by atoms with Crippen LogP contribution in [-0.4, -0.2) is 12.9 Å². The Labute approximate surface area is 78.3 Å². The molecule has 1 fully saturated rings. The van der Waals surface area contributed by atoms with Crippen molar-refractivity contribution in [3.63, 3.8) is 0 Å². The van der Waals surface area contributed by atoms with Crippen LogP contribution in [0.1, 0.15) is 25.7 Å². The first kappa shape index (κ1) is 8.54. The van der Waals surface area contributed by atoms with Crippen LogP contribution >= 0.6 is 0 Å².